The number of ether oxygens (including phenoxy) is 3. The van der Waals surface area contributed by atoms with Gasteiger partial charge in [0.2, 0.25) is 0 Å². The number of carbonyl (C=O) groups excluding carboxylic acids is 2. The standard InChI is InChI=1S/C19H23NO5S/c1-12-9-15(13(2)26-12)19(22)25-11-18(21)20-8-7-14-5-6-16(23-3)17(10-14)24-4/h5-6,9-10H,7-8,11H2,1-4H3,(H,20,21). The zero-order valence-corrected chi connectivity index (χ0v) is 16.2. The lowest BCUT2D eigenvalue weighted by Gasteiger charge is -2.10. The molecule has 0 saturated carbocycles. The number of rotatable bonds is 8. The SMILES string of the molecule is COc1ccc(CCNC(=O)COC(=O)c2cc(C)sc2C)cc1OC. The Labute approximate surface area is 157 Å². The van der Waals surface area contributed by atoms with Crippen molar-refractivity contribution >= 4 is 23.2 Å². The highest BCUT2D eigenvalue weighted by Crippen LogP contribution is 2.27. The maximum atomic E-state index is 12.0. The summed E-state index contributed by atoms with van der Waals surface area (Å²) >= 11 is 1.53. The highest BCUT2D eigenvalue weighted by atomic mass is 32.1. The maximum absolute atomic E-state index is 12.0. The van der Waals surface area contributed by atoms with E-state index in [1.54, 1.807) is 20.3 Å². The van der Waals surface area contributed by atoms with Crippen LogP contribution >= 0.6 is 11.3 Å². The van der Waals surface area contributed by atoms with Gasteiger partial charge in [-0.15, -0.1) is 11.3 Å². The van der Waals surface area contributed by atoms with E-state index in [2.05, 4.69) is 5.32 Å². The number of benzene rings is 1. The van der Waals surface area contributed by atoms with E-state index in [1.165, 1.54) is 11.3 Å². The average Bonchev–Trinajstić information content (AvgIpc) is 2.97. The van der Waals surface area contributed by atoms with Gasteiger partial charge in [0, 0.05) is 16.3 Å². The predicted molar refractivity (Wildman–Crippen MR) is 100 cm³/mol. The molecular formula is C19H23NO5S. The fourth-order valence-corrected chi connectivity index (χ4v) is 3.39. The van der Waals surface area contributed by atoms with E-state index in [9.17, 15) is 9.59 Å². The van der Waals surface area contributed by atoms with Gasteiger partial charge in [-0.05, 0) is 44.0 Å². The highest BCUT2D eigenvalue weighted by Gasteiger charge is 2.15. The van der Waals surface area contributed by atoms with E-state index in [1.807, 2.05) is 32.0 Å². The lowest BCUT2D eigenvalue weighted by molar-refractivity contribution is -0.124. The lowest BCUT2D eigenvalue weighted by atomic mass is 10.1. The van der Waals surface area contributed by atoms with Crippen LogP contribution in [0.15, 0.2) is 24.3 Å². The molecule has 1 amide bonds. The number of hydrogen-bond acceptors (Lipinski definition) is 6. The quantitative estimate of drug-likeness (QED) is 0.716. The first kappa shape index (κ1) is 19.8. The zero-order valence-electron chi connectivity index (χ0n) is 15.4. The molecule has 0 aliphatic heterocycles. The lowest BCUT2D eigenvalue weighted by Crippen LogP contribution is -2.30. The van der Waals surface area contributed by atoms with Crippen LogP contribution in [0.5, 0.6) is 11.5 Å². The van der Waals surface area contributed by atoms with Crippen LogP contribution in [0.2, 0.25) is 0 Å². The number of hydrogen-bond donors (Lipinski definition) is 1. The Kier molecular flexibility index (Phi) is 7.03. The molecule has 0 aliphatic carbocycles. The van der Waals surface area contributed by atoms with Gasteiger partial charge in [0.25, 0.3) is 5.91 Å². The molecule has 0 saturated heterocycles. The number of amides is 1. The number of thiophene rings is 1. The van der Waals surface area contributed by atoms with Crippen molar-refractivity contribution in [1.82, 2.24) is 5.32 Å². The predicted octanol–water partition coefficient (Wildman–Crippen LogP) is 2.90. The first-order chi connectivity index (χ1) is 12.4. The summed E-state index contributed by atoms with van der Waals surface area (Å²) in [5.41, 5.74) is 1.52. The van der Waals surface area contributed by atoms with E-state index in [0.717, 1.165) is 15.3 Å². The van der Waals surface area contributed by atoms with E-state index < -0.39 is 5.97 Å². The molecule has 1 heterocycles. The molecule has 1 N–H and O–H groups in total. The molecule has 2 rings (SSSR count). The average molecular weight is 377 g/mol. The molecule has 0 radical (unpaired) electrons. The largest absolute Gasteiger partial charge is 0.493 e. The summed E-state index contributed by atoms with van der Waals surface area (Å²) in [5.74, 6) is 0.503. The second kappa shape index (κ2) is 9.24. The monoisotopic (exact) mass is 377 g/mol. The van der Waals surface area contributed by atoms with Crippen molar-refractivity contribution < 1.29 is 23.8 Å². The van der Waals surface area contributed by atoms with Gasteiger partial charge in [-0.1, -0.05) is 6.07 Å². The summed E-state index contributed by atoms with van der Waals surface area (Å²) in [6.45, 7) is 3.92. The van der Waals surface area contributed by atoms with Gasteiger partial charge in [-0.25, -0.2) is 4.79 Å². The van der Waals surface area contributed by atoms with E-state index in [4.69, 9.17) is 14.2 Å². The van der Waals surface area contributed by atoms with Gasteiger partial charge in [0.1, 0.15) is 0 Å². The second-order valence-electron chi connectivity index (χ2n) is 5.69. The maximum Gasteiger partial charge on any atom is 0.339 e. The first-order valence-corrected chi connectivity index (χ1v) is 8.98. The van der Waals surface area contributed by atoms with Gasteiger partial charge in [-0.2, -0.15) is 0 Å². The Morgan fingerprint density at radius 2 is 1.81 bits per heavy atom. The van der Waals surface area contributed by atoms with Crippen LogP contribution < -0.4 is 14.8 Å². The minimum Gasteiger partial charge on any atom is -0.493 e. The Hall–Kier alpha value is -2.54. The van der Waals surface area contributed by atoms with Crippen molar-refractivity contribution in [2.75, 3.05) is 27.4 Å². The van der Waals surface area contributed by atoms with Crippen molar-refractivity contribution in [2.24, 2.45) is 0 Å². The molecule has 0 fully saturated rings. The van der Waals surface area contributed by atoms with Crippen molar-refractivity contribution in [3.05, 3.63) is 45.1 Å². The molecule has 0 bridgehead atoms. The first-order valence-electron chi connectivity index (χ1n) is 8.16. The number of aryl methyl sites for hydroxylation is 2. The Morgan fingerprint density at radius 3 is 2.42 bits per heavy atom. The summed E-state index contributed by atoms with van der Waals surface area (Å²) in [6, 6.07) is 7.38. The highest BCUT2D eigenvalue weighted by molar-refractivity contribution is 7.12. The molecule has 0 atom stereocenters. The van der Waals surface area contributed by atoms with Crippen molar-refractivity contribution in [3.8, 4) is 11.5 Å². The topological polar surface area (TPSA) is 73.9 Å². The van der Waals surface area contributed by atoms with Crippen LogP contribution in [0, 0.1) is 13.8 Å². The van der Waals surface area contributed by atoms with Crippen LogP contribution in [-0.4, -0.2) is 39.2 Å². The van der Waals surface area contributed by atoms with Crippen LogP contribution in [0.25, 0.3) is 0 Å². The van der Waals surface area contributed by atoms with Gasteiger partial charge in [-0.3, -0.25) is 4.79 Å². The molecule has 1 aromatic carbocycles. The third kappa shape index (κ3) is 5.23. The number of nitrogens with one attached hydrogen (secondary N) is 1. The van der Waals surface area contributed by atoms with E-state index >= 15 is 0 Å². The third-order valence-corrected chi connectivity index (χ3v) is 4.74. The van der Waals surface area contributed by atoms with Gasteiger partial charge < -0.3 is 19.5 Å². The van der Waals surface area contributed by atoms with E-state index in [-0.39, 0.29) is 12.5 Å². The fraction of sp³-hybridized carbons (Fsp3) is 0.368. The molecule has 140 valence electrons. The zero-order chi connectivity index (χ0) is 19.1. The summed E-state index contributed by atoms with van der Waals surface area (Å²) < 4.78 is 15.5. The second-order valence-corrected chi connectivity index (χ2v) is 7.15. The number of methoxy groups -OCH3 is 2. The molecule has 7 heteroatoms. The van der Waals surface area contributed by atoms with Crippen molar-refractivity contribution in [1.29, 1.82) is 0 Å². The number of esters is 1. The Balaban J connectivity index is 1.77. The van der Waals surface area contributed by atoms with Crippen molar-refractivity contribution in [3.63, 3.8) is 0 Å². The van der Waals surface area contributed by atoms with E-state index in [0.29, 0.717) is 30.0 Å². The Bertz CT molecular complexity index is 784. The van der Waals surface area contributed by atoms with Gasteiger partial charge in [0.15, 0.2) is 18.1 Å². The third-order valence-electron chi connectivity index (χ3n) is 3.78. The summed E-state index contributed by atoms with van der Waals surface area (Å²) in [4.78, 5) is 25.8. The normalized spacial score (nSPS) is 10.3. The molecule has 0 unspecified atom stereocenters. The van der Waals surface area contributed by atoms with Crippen LogP contribution in [0.3, 0.4) is 0 Å². The minimum atomic E-state index is -0.470. The Morgan fingerprint density at radius 1 is 1.08 bits per heavy atom. The molecule has 0 aliphatic rings. The van der Waals surface area contributed by atoms with Crippen LogP contribution in [0.4, 0.5) is 0 Å². The summed E-state index contributed by atoms with van der Waals surface area (Å²) in [6.07, 6.45) is 0.628. The summed E-state index contributed by atoms with van der Waals surface area (Å²) in [7, 11) is 3.16. The van der Waals surface area contributed by atoms with Crippen LogP contribution in [-0.2, 0) is 16.0 Å². The minimum absolute atomic E-state index is 0.293. The smallest absolute Gasteiger partial charge is 0.339 e. The van der Waals surface area contributed by atoms with Gasteiger partial charge in [0.05, 0.1) is 19.8 Å². The fourth-order valence-electron chi connectivity index (χ4n) is 2.48. The molecule has 2 aromatic rings. The van der Waals surface area contributed by atoms with Crippen molar-refractivity contribution in [2.45, 2.75) is 20.3 Å². The van der Waals surface area contributed by atoms with Crippen LogP contribution in [0.1, 0.15) is 25.7 Å². The summed E-state index contributed by atoms with van der Waals surface area (Å²) in [5, 5.41) is 2.74. The van der Waals surface area contributed by atoms with Gasteiger partial charge >= 0.3 is 5.97 Å². The molecule has 0 spiro atoms. The molecule has 1 aromatic heterocycles. The molecule has 26 heavy (non-hydrogen) atoms. The molecule has 6 nitrogen and oxygen atoms in total. The number of carbonyl (C=O) groups is 2. The molecular weight excluding hydrogens is 354 g/mol.